The number of amides is 3. The van der Waals surface area contributed by atoms with Gasteiger partial charge in [0, 0.05) is 36.4 Å². The van der Waals surface area contributed by atoms with Crippen molar-refractivity contribution < 1.29 is 32.2 Å². The molecule has 1 aliphatic rings. The van der Waals surface area contributed by atoms with Crippen molar-refractivity contribution in [2.24, 2.45) is 5.92 Å². The fraction of sp³-hybridized carbons (Fsp3) is 0.333. The summed E-state index contributed by atoms with van der Waals surface area (Å²) in [5.74, 6) is -0.591. The van der Waals surface area contributed by atoms with Crippen LogP contribution < -0.4 is 15.4 Å². The van der Waals surface area contributed by atoms with Crippen molar-refractivity contribution >= 4 is 33.3 Å². The number of sulfonamides is 1. The van der Waals surface area contributed by atoms with Gasteiger partial charge in [0.1, 0.15) is 17.7 Å². The molecule has 4 rings (SSSR count). The van der Waals surface area contributed by atoms with Crippen molar-refractivity contribution in [3.05, 3.63) is 84.2 Å². The van der Waals surface area contributed by atoms with Crippen LogP contribution in [0.25, 0.3) is 0 Å². The molecule has 1 heterocycles. The first kappa shape index (κ1) is 30.9. The van der Waals surface area contributed by atoms with Gasteiger partial charge in [-0.15, -0.1) is 0 Å². The Hall–Kier alpha value is -4.00. The summed E-state index contributed by atoms with van der Waals surface area (Å²) in [7, 11) is -2.32. The molecule has 10 nitrogen and oxygen atoms in total. The van der Waals surface area contributed by atoms with Crippen molar-refractivity contribution in [2.75, 3.05) is 37.4 Å². The number of aliphatic hydroxyl groups excluding tert-OH is 1. The van der Waals surface area contributed by atoms with Gasteiger partial charge in [0.15, 0.2) is 0 Å². The molecule has 224 valence electrons. The van der Waals surface area contributed by atoms with E-state index in [0.29, 0.717) is 22.7 Å². The second-order valence-corrected chi connectivity index (χ2v) is 12.4. The lowest BCUT2D eigenvalue weighted by Gasteiger charge is -2.33. The van der Waals surface area contributed by atoms with Crippen LogP contribution in [-0.4, -0.2) is 73.6 Å². The van der Waals surface area contributed by atoms with Gasteiger partial charge < -0.3 is 25.4 Å². The first-order chi connectivity index (χ1) is 20.0. The second-order valence-electron chi connectivity index (χ2n) is 10.4. The lowest BCUT2D eigenvalue weighted by atomic mass is 10.0. The van der Waals surface area contributed by atoms with Crippen LogP contribution in [0.4, 0.5) is 20.6 Å². The maximum absolute atomic E-state index is 13.4. The molecule has 0 fully saturated rings. The molecule has 12 heteroatoms. The number of carbonyl (C=O) groups excluding carboxylic acids is 2. The lowest BCUT2D eigenvalue weighted by Crippen LogP contribution is -2.48. The van der Waals surface area contributed by atoms with Crippen LogP contribution in [0.2, 0.25) is 0 Å². The number of hydrogen-bond acceptors (Lipinski definition) is 6. The Labute approximate surface area is 245 Å². The van der Waals surface area contributed by atoms with Crippen molar-refractivity contribution in [1.29, 1.82) is 0 Å². The Morgan fingerprint density at radius 2 is 1.74 bits per heavy atom. The van der Waals surface area contributed by atoms with Gasteiger partial charge in [-0.25, -0.2) is 17.6 Å². The molecule has 0 radical (unpaired) electrons. The quantitative estimate of drug-likeness (QED) is 0.361. The summed E-state index contributed by atoms with van der Waals surface area (Å²) in [6.07, 6.45) is -0.709. The number of urea groups is 1. The van der Waals surface area contributed by atoms with E-state index < -0.39 is 34.0 Å². The Morgan fingerprint density at radius 1 is 1.10 bits per heavy atom. The summed E-state index contributed by atoms with van der Waals surface area (Å²) in [5.41, 5.74) is 1.27. The number of rotatable bonds is 8. The molecule has 3 amide bonds. The molecule has 3 aromatic carbocycles. The largest absolute Gasteiger partial charge is 0.488 e. The molecule has 3 aromatic rings. The molecular weight excluding hydrogens is 563 g/mol. The summed E-state index contributed by atoms with van der Waals surface area (Å²) < 4.78 is 47.3. The fourth-order valence-electron chi connectivity index (χ4n) is 4.68. The highest BCUT2D eigenvalue weighted by atomic mass is 32.2. The van der Waals surface area contributed by atoms with Crippen molar-refractivity contribution in [3.8, 4) is 5.75 Å². The number of ether oxygens (including phenoxy) is 1. The Kier molecular flexibility index (Phi) is 9.81. The van der Waals surface area contributed by atoms with Crippen LogP contribution in [0.5, 0.6) is 5.75 Å². The number of halogens is 1. The summed E-state index contributed by atoms with van der Waals surface area (Å²) in [6.45, 7) is 3.61. The molecule has 3 atom stereocenters. The zero-order valence-corrected chi connectivity index (χ0v) is 24.5. The summed E-state index contributed by atoms with van der Waals surface area (Å²) in [6, 6.07) is 17.2. The molecule has 3 N–H and O–H groups in total. The van der Waals surface area contributed by atoms with Gasteiger partial charge in [0.2, 0.25) is 15.9 Å². The monoisotopic (exact) mass is 598 g/mol. The number of fused-ring (bicyclic) bond motifs is 1. The summed E-state index contributed by atoms with van der Waals surface area (Å²) >= 11 is 0. The molecule has 0 unspecified atom stereocenters. The van der Waals surface area contributed by atoms with Crippen molar-refractivity contribution in [3.63, 3.8) is 0 Å². The van der Waals surface area contributed by atoms with E-state index in [9.17, 15) is 27.5 Å². The Bertz CT molecular complexity index is 1500. The van der Waals surface area contributed by atoms with Gasteiger partial charge in [-0.05, 0) is 61.5 Å². The van der Waals surface area contributed by atoms with Gasteiger partial charge in [-0.1, -0.05) is 25.1 Å². The van der Waals surface area contributed by atoms with Gasteiger partial charge in [-0.3, -0.25) is 4.79 Å². The van der Waals surface area contributed by atoms with E-state index in [0.717, 1.165) is 0 Å². The SMILES string of the molecule is C[C@@H]1CN([C@H](C)CO)C(=O)Cc2cc(NC(=O)Nc3ccc(F)cc3)ccc2O[C@@H]1CN(C)S(=O)(=O)c1ccccc1. The predicted octanol–water partition coefficient (Wildman–Crippen LogP) is 3.94. The summed E-state index contributed by atoms with van der Waals surface area (Å²) in [4.78, 5) is 27.7. The highest BCUT2D eigenvalue weighted by molar-refractivity contribution is 7.89. The zero-order chi connectivity index (χ0) is 30.4. The average molecular weight is 599 g/mol. The molecule has 0 aliphatic carbocycles. The normalized spacial score (nSPS) is 18.2. The third-order valence-corrected chi connectivity index (χ3v) is 9.00. The minimum atomic E-state index is -3.81. The number of benzene rings is 3. The van der Waals surface area contributed by atoms with Crippen LogP contribution in [0, 0.1) is 11.7 Å². The smallest absolute Gasteiger partial charge is 0.323 e. The molecular formula is C30H35FN4O6S. The van der Waals surface area contributed by atoms with Gasteiger partial charge in [-0.2, -0.15) is 4.31 Å². The van der Waals surface area contributed by atoms with E-state index in [-0.39, 0.29) is 42.8 Å². The first-order valence-electron chi connectivity index (χ1n) is 13.5. The van der Waals surface area contributed by atoms with E-state index in [2.05, 4.69) is 10.6 Å². The predicted molar refractivity (Wildman–Crippen MR) is 157 cm³/mol. The first-order valence-corrected chi connectivity index (χ1v) is 15.0. The molecule has 1 aliphatic heterocycles. The Balaban J connectivity index is 1.61. The minimum absolute atomic E-state index is 0.00739. The molecule has 0 spiro atoms. The molecule has 0 saturated heterocycles. The molecule has 0 saturated carbocycles. The third kappa shape index (κ3) is 7.44. The van der Waals surface area contributed by atoms with Gasteiger partial charge in [0.05, 0.1) is 30.5 Å². The number of likely N-dealkylation sites (N-methyl/N-ethyl adjacent to an activating group) is 1. The number of carbonyl (C=O) groups is 2. The molecule has 0 aromatic heterocycles. The zero-order valence-electron chi connectivity index (χ0n) is 23.7. The average Bonchev–Trinajstić information content (AvgIpc) is 3.01. The highest BCUT2D eigenvalue weighted by Gasteiger charge is 2.33. The number of aliphatic hydroxyl groups is 1. The van der Waals surface area contributed by atoms with Crippen LogP contribution in [0.15, 0.2) is 77.7 Å². The van der Waals surface area contributed by atoms with Crippen LogP contribution in [0.1, 0.15) is 19.4 Å². The molecule has 0 bridgehead atoms. The standard InChI is InChI=1S/C30H35FN4O6S/c1-20-17-35(21(2)19-36)29(37)16-22-15-25(33-30(38)32-24-11-9-23(31)10-12-24)13-14-27(22)41-28(20)18-34(3)42(39,40)26-7-5-4-6-8-26/h4-15,20-21,28,36H,16-19H2,1-3H3,(H2,32,33,38)/t20-,21-,28-/m1/s1. The van der Waals surface area contributed by atoms with Gasteiger partial charge in [0.25, 0.3) is 0 Å². The van der Waals surface area contributed by atoms with E-state index in [4.69, 9.17) is 4.74 Å². The number of nitrogens with zero attached hydrogens (tertiary/aromatic N) is 2. The molecule has 42 heavy (non-hydrogen) atoms. The summed E-state index contributed by atoms with van der Waals surface area (Å²) in [5, 5.41) is 15.2. The fourth-order valence-corrected chi connectivity index (χ4v) is 5.88. The van der Waals surface area contributed by atoms with Crippen LogP contribution in [0.3, 0.4) is 0 Å². The van der Waals surface area contributed by atoms with Crippen molar-refractivity contribution in [1.82, 2.24) is 9.21 Å². The van der Waals surface area contributed by atoms with E-state index in [1.165, 1.54) is 47.8 Å². The maximum Gasteiger partial charge on any atom is 0.323 e. The minimum Gasteiger partial charge on any atom is -0.488 e. The van der Waals surface area contributed by atoms with Crippen LogP contribution >= 0.6 is 0 Å². The number of nitrogens with one attached hydrogen (secondary N) is 2. The number of anilines is 2. The third-order valence-electron chi connectivity index (χ3n) is 7.16. The van der Waals surface area contributed by atoms with Gasteiger partial charge >= 0.3 is 6.03 Å². The lowest BCUT2D eigenvalue weighted by molar-refractivity contribution is -0.134. The Morgan fingerprint density at radius 3 is 2.40 bits per heavy atom. The highest BCUT2D eigenvalue weighted by Crippen LogP contribution is 2.30. The topological polar surface area (TPSA) is 128 Å². The van der Waals surface area contributed by atoms with E-state index in [1.807, 2.05) is 6.92 Å². The second kappa shape index (κ2) is 13.3. The van der Waals surface area contributed by atoms with Crippen LogP contribution in [-0.2, 0) is 21.2 Å². The maximum atomic E-state index is 13.4. The van der Waals surface area contributed by atoms with E-state index >= 15 is 0 Å². The van der Waals surface area contributed by atoms with Crippen molar-refractivity contribution in [2.45, 2.75) is 37.3 Å². The number of hydrogen-bond donors (Lipinski definition) is 3. The van der Waals surface area contributed by atoms with E-state index in [1.54, 1.807) is 48.2 Å².